The number of aromatic carboxylic acids is 1. The number of aromatic nitrogens is 1. The first-order chi connectivity index (χ1) is 12.4. The second kappa shape index (κ2) is 6.92. The summed E-state index contributed by atoms with van der Waals surface area (Å²) in [5.74, 6) is -2.43. The van der Waals surface area contributed by atoms with Gasteiger partial charge in [0.15, 0.2) is 11.4 Å². The number of furan rings is 1. The average molecular weight is 363 g/mol. The molecule has 0 aliphatic carbocycles. The van der Waals surface area contributed by atoms with Crippen molar-refractivity contribution in [3.63, 3.8) is 0 Å². The van der Waals surface area contributed by atoms with Crippen LogP contribution in [0.2, 0.25) is 0 Å². The number of carboxylic acid groups (broad SMARTS) is 1. The number of carbonyl (C=O) groups excluding carboxylic acids is 1. The molecule has 0 atom stereocenters. The Kier molecular flexibility index (Phi) is 4.67. The third-order valence-corrected chi connectivity index (χ3v) is 4.01. The maximum Gasteiger partial charge on any atom is 0.341 e. The molecule has 0 unspecified atom stereocenters. The van der Waals surface area contributed by atoms with E-state index in [2.05, 4.69) is 0 Å². The maximum atomic E-state index is 12.7. The van der Waals surface area contributed by atoms with Gasteiger partial charge in [-0.25, -0.2) is 4.79 Å². The van der Waals surface area contributed by atoms with E-state index in [1.807, 2.05) is 0 Å². The van der Waals surface area contributed by atoms with Crippen LogP contribution in [0.1, 0.15) is 26.6 Å². The van der Waals surface area contributed by atoms with Crippen LogP contribution in [-0.4, -0.2) is 58.6 Å². The molecule has 0 spiro atoms. The molecular weight excluding hydrogens is 346 g/mol. The van der Waals surface area contributed by atoms with Gasteiger partial charge in [-0.05, 0) is 12.1 Å². The van der Waals surface area contributed by atoms with Gasteiger partial charge in [-0.3, -0.25) is 19.3 Å². The van der Waals surface area contributed by atoms with E-state index < -0.39 is 28.6 Å². The summed E-state index contributed by atoms with van der Waals surface area (Å²) in [6.07, 6.45) is 2.52. The summed E-state index contributed by atoms with van der Waals surface area (Å²) in [5.41, 5.74) is -2.04. The quantitative estimate of drug-likeness (QED) is 0.737. The molecule has 0 aromatic carbocycles. The van der Waals surface area contributed by atoms with Crippen LogP contribution >= 0.6 is 0 Å². The molecular formula is C16H17N3O7. The number of amides is 1. The molecule has 0 saturated heterocycles. The summed E-state index contributed by atoms with van der Waals surface area (Å²) in [7, 11) is 1.49. The summed E-state index contributed by atoms with van der Waals surface area (Å²) in [5, 5.41) is 21.0. The SMILES string of the molecule is COCCN1CN(Cc2ccco2)n2cc(C(=O)O)c(=O)c(O)c2C1=O. The molecule has 10 nitrogen and oxygen atoms in total. The Bertz CT molecular complexity index is 888. The number of nitrogens with zero attached hydrogens (tertiary/aromatic N) is 3. The largest absolute Gasteiger partial charge is 0.502 e. The Morgan fingerprint density at radius 1 is 1.38 bits per heavy atom. The smallest absolute Gasteiger partial charge is 0.341 e. The Labute approximate surface area is 147 Å². The maximum absolute atomic E-state index is 12.7. The van der Waals surface area contributed by atoms with Crippen molar-refractivity contribution >= 4 is 11.9 Å². The van der Waals surface area contributed by atoms with Gasteiger partial charge in [0.2, 0.25) is 5.43 Å². The van der Waals surface area contributed by atoms with Crippen molar-refractivity contribution in [1.29, 1.82) is 0 Å². The van der Waals surface area contributed by atoms with Crippen LogP contribution in [0.15, 0.2) is 33.8 Å². The number of pyridine rings is 1. The van der Waals surface area contributed by atoms with Gasteiger partial charge in [0.05, 0.1) is 19.4 Å². The molecule has 0 saturated carbocycles. The van der Waals surface area contributed by atoms with Crippen LogP contribution in [0.5, 0.6) is 5.75 Å². The molecule has 10 heteroatoms. The first-order valence-electron chi connectivity index (χ1n) is 7.71. The number of aromatic hydroxyl groups is 1. The number of rotatable bonds is 6. The Balaban J connectivity index is 2.11. The van der Waals surface area contributed by atoms with Crippen molar-refractivity contribution in [2.75, 3.05) is 31.9 Å². The third-order valence-electron chi connectivity index (χ3n) is 4.01. The van der Waals surface area contributed by atoms with E-state index in [0.29, 0.717) is 5.76 Å². The molecule has 0 radical (unpaired) electrons. The molecule has 1 amide bonds. The third kappa shape index (κ3) is 3.02. The molecule has 3 rings (SSSR count). The number of hydrogen-bond donors (Lipinski definition) is 2. The van der Waals surface area contributed by atoms with Crippen molar-refractivity contribution in [3.05, 3.63) is 51.8 Å². The van der Waals surface area contributed by atoms with E-state index >= 15 is 0 Å². The van der Waals surface area contributed by atoms with Gasteiger partial charge in [-0.2, -0.15) is 0 Å². The fourth-order valence-corrected chi connectivity index (χ4v) is 2.73. The highest BCUT2D eigenvalue weighted by Crippen LogP contribution is 2.22. The van der Waals surface area contributed by atoms with Crippen molar-refractivity contribution in [1.82, 2.24) is 9.58 Å². The van der Waals surface area contributed by atoms with Crippen LogP contribution in [-0.2, 0) is 11.3 Å². The number of carboxylic acids is 1. The molecule has 1 aliphatic rings. The van der Waals surface area contributed by atoms with Gasteiger partial charge >= 0.3 is 5.97 Å². The van der Waals surface area contributed by atoms with Crippen molar-refractivity contribution in [3.8, 4) is 5.75 Å². The molecule has 3 heterocycles. The standard InChI is InChI=1S/C16H17N3O7/c1-25-6-4-17-9-18(7-10-3-2-5-26-10)19-8-11(16(23)24)13(20)14(21)12(19)15(17)22/h2-3,5,8,21H,4,6-7,9H2,1H3,(H,23,24). The van der Waals surface area contributed by atoms with Gasteiger partial charge in [0.1, 0.15) is 18.0 Å². The molecule has 138 valence electrons. The molecule has 26 heavy (non-hydrogen) atoms. The minimum atomic E-state index is -1.49. The van der Waals surface area contributed by atoms with Crippen LogP contribution in [0, 0.1) is 0 Å². The summed E-state index contributed by atoms with van der Waals surface area (Å²) in [4.78, 5) is 37.5. The summed E-state index contributed by atoms with van der Waals surface area (Å²) in [6.45, 7) is 0.784. The zero-order valence-corrected chi connectivity index (χ0v) is 13.9. The average Bonchev–Trinajstić information content (AvgIpc) is 3.11. The second-order valence-electron chi connectivity index (χ2n) is 5.67. The van der Waals surface area contributed by atoms with E-state index in [4.69, 9.17) is 9.15 Å². The van der Waals surface area contributed by atoms with Crippen LogP contribution in [0.4, 0.5) is 0 Å². The van der Waals surface area contributed by atoms with Crippen molar-refractivity contribution in [2.45, 2.75) is 6.54 Å². The normalized spacial score (nSPS) is 13.8. The summed E-state index contributed by atoms with van der Waals surface area (Å²) < 4.78 is 11.5. The molecule has 0 bridgehead atoms. The topological polar surface area (TPSA) is 125 Å². The Morgan fingerprint density at radius 3 is 2.77 bits per heavy atom. The predicted octanol–water partition coefficient (Wildman–Crippen LogP) is 0.0430. The number of ether oxygens (including phenoxy) is 1. The Morgan fingerprint density at radius 2 is 2.15 bits per heavy atom. The van der Waals surface area contributed by atoms with Crippen LogP contribution < -0.4 is 10.4 Å². The fourth-order valence-electron chi connectivity index (χ4n) is 2.73. The highest BCUT2D eigenvalue weighted by molar-refractivity contribution is 5.97. The minimum Gasteiger partial charge on any atom is -0.502 e. The number of carbonyl (C=O) groups is 2. The van der Waals surface area contributed by atoms with E-state index in [1.54, 1.807) is 17.1 Å². The first-order valence-corrected chi connectivity index (χ1v) is 7.71. The lowest BCUT2D eigenvalue weighted by Gasteiger charge is -2.39. The zero-order valence-electron chi connectivity index (χ0n) is 13.9. The van der Waals surface area contributed by atoms with Gasteiger partial charge in [-0.15, -0.1) is 0 Å². The lowest BCUT2D eigenvalue weighted by atomic mass is 10.2. The van der Waals surface area contributed by atoms with Crippen LogP contribution in [0.3, 0.4) is 0 Å². The van der Waals surface area contributed by atoms with Gasteiger partial charge in [0, 0.05) is 19.9 Å². The highest BCUT2D eigenvalue weighted by atomic mass is 16.5. The van der Waals surface area contributed by atoms with Gasteiger partial charge < -0.3 is 24.3 Å². The molecule has 2 aromatic heterocycles. The van der Waals surface area contributed by atoms with E-state index in [0.717, 1.165) is 6.20 Å². The number of methoxy groups -OCH3 is 1. The molecule has 1 aliphatic heterocycles. The monoisotopic (exact) mass is 363 g/mol. The van der Waals surface area contributed by atoms with Crippen molar-refractivity contribution < 1.29 is 29.0 Å². The highest BCUT2D eigenvalue weighted by Gasteiger charge is 2.34. The minimum absolute atomic E-state index is 0.0945. The van der Waals surface area contributed by atoms with Gasteiger partial charge in [0.25, 0.3) is 5.91 Å². The summed E-state index contributed by atoms with van der Waals surface area (Å²) >= 11 is 0. The lowest BCUT2D eigenvalue weighted by molar-refractivity contribution is 0.0611. The van der Waals surface area contributed by atoms with E-state index in [-0.39, 0.29) is 32.1 Å². The van der Waals surface area contributed by atoms with Gasteiger partial charge in [-0.1, -0.05) is 0 Å². The molecule has 2 aromatic rings. The molecule has 0 fully saturated rings. The number of fused-ring (bicyclic) bond motifs is 1. The second-order valence-corrected chi connectivity index (χ2v) is 5.67. The van der Waals surface area contributed by atoms with E-state index in [1.165, 1.54) is 22.9 Å². The fraction of sp³-hybridized carbons (Fsp3) is 0.312. The predicted molar refractivity (Wildman–Crippen MR) is 87.7 cm³/mol. The zero-order chi connectivity index (χ0) is 18.8. The molecule has 2 N–H and O–H groups in total. The summed E-state index contributed by atoms with van der Waals surface area (Å²) in [6, 6.07) is 3.41. The number of hydrogen-bond acceptors (Lipinski definition) is 7. The lowest BCUT2D eigenvalue weighted by Crippen LogP contribution is -2.54. The Hall–Kier alpha value is -3.27. The van der Waals surface area contributed by atoms with Crippen molar-refractivity contribution in [2.24, 2.45) is 0 Å². The van der Waals surface area contributed by atoms with E-state index in [9.17, 15) is 24.6 Å². The first kappa shape index (κ1) is 17.5. The van der Waals surface area contributed by atoms with Crippen LogP contribution in [0.25, 0.3) is 0 Å².